The molecule has 86 valence electrons. The van der Waals surface area contributed by atoms with E-state index in [9.17, 15) is 4.79 Å². The molecule has 2 rings (SSSR count). The molecule has 0 radical (unpaired) electrons. The van der Waals surface area contributed by atoms with Crippen LogP contribution in [0, 0.1) is 17.3 Å². The van der Waals surface area contributed by atoms with E-state index in [4.69, 9.17) is 9.47 Å². The molecule has 3 unspecified atom stereocenters. The summed E-state index contributed by atoms with van der Waals surface area (Å²) < 4.78 is 10.4. The van der Waals surface area contributed by atoms with Gasteiger partial charge in [-0.05, 0) is 31.1 Å². The fourth-order valence-electron chi connectivity index (χ4n) is 3.06. The van der Waals surface area contributed by atoms with E-state index in [1.807, 2.05) is 6.92 Å². The summed E-state index contributed by atoms with van der Waals surface area (Å²) in [5.74, 6) is 0.961. The number of carbonyl (C=O) groups excluding carboxylic acids is 1. The summed E-state index contributed by atoms with van der Waals surface area (Å²) in [7, 11) is 0. The van der Waals surface area contributed by atoms with Crippen LogP contribution in [0.3, 0.4) is 0 Å². The Balaban J connectivity index is 2.29. The fourth-order valence-corrected chi connectivity index (χ4v) is 3.06. The fraction of sp³-hybridized carbons (Fsp3) is 0.917. The lowest BCUT2D eigenvalue weighted by Crippen LogP contribution is -2.57. The van der Waals surface area contributed by atoms with Crippen LogP contribution in [0.25, 0.3) is 0 Å². The van der Waals surface area contributed by atoms with Crippen molar-refractivity contribution in [2.45, 2.75) is 46.1 Å². The van der Waals surface area contributed by atoms with Gasteiger partial charge < -0.3 is 9.47 Å². The van der Waals surface area contributed by atoms with Gasteiger partial charge in [0.1, 0.15) is 12.2 Å². The van der Waals surface area contributed by atoms with Gasteiger partial charge in [0.15, 0.2) is 0 Å². The normalized spacial score (nSPS) is 43.9. The first-order chi connectivity index (χ1) is 6.86. The van der Waals surface area contributed by atoms with Gasteiger partial charge >= 0.3 is 6.16 Å². The van der Waals surface area contributed by atoms with Crippen LogP contribution in [0.4, 0.5) is 4.79 Å². The smallest absolute Gasteiger partial charge is 0.434 e. The highest BCUT2D eigenvalue weighted by Gasteiger charge is 2.54. The van der Waals surface area contributed by atoms with Gasteiger partial charge in [0.2, 0.25) is 0 Å². The molecule has 15 heavy (non-hydrogen) atoms. The number of cyclic esters (lactones) is 1. The average molecular weight is 212 g/mol. The highest BCUT2D eigenvalue weighted by atomic mass is 16.7. The summed E-state index contributed by atoms with van der Waals surface area (Å²) >= 11 is 0. The van der Waals surface area contributed by atoms with Crippen molar-refractivity contribution < 1.29 is 14.3 Å². The molecule has 1 saturated heterocycles. The van der Waals surface area contributed by atoms with Gasteiger partial charge in [0.05, 0.1) is 0 Å². The maximum absolute atomic E-state index is 11.2. The minimum Gasteiger partial charge on any atom is -0.434 e. The Morgan fingerprint density at radius 3 is 2.67 bits per heavy atom. The summed E-state index contributed by atoms with van der Waals surface area (Å²) in [6.07, 6.45) is 1.57. The Morgan fingerprint density at radius 1 is 1.33 bits per heavy atom. The highest BCUT2D eigenvalue weighted by molar-refractivity contribution is 5.61. The molecule has 0 spiro atoms. The summed E-state index contributed by atoms with van der Waals surface area (Å²) in [6.45, 7) is 9.33. The van der Waals surface area contributed by atoms with Crippen LogP contribution in [0.2, 0.25) is 0 Å². The SMILES string of the molecule is CC1CCC2(C)OC(=O)OCC2C1(C)C. The van der Waals surface area contributed by atoms with Gasteiger partial charge in [0.25, 0.3) is 0 Å². The molecular weight excluding hydrogens is 192 g/mol. The minimum absolute atomic E-state index is 0.174. The number of fused-ring (bicyclic) bond motifs is 1. The molecule has 2 fully saturated rings. The van der Waals surface area contributed by atoms with Crippen molar-refractivity contribution in [1.29, 1.82) is 0 Å². The van der Waals surface area contributed by atoms with E-state index in [0.29, 0.717) is 18.4 Å². The molecule has 1 heterocycles. The summed E-state index contributed by atoms with van der Waals surface area (Å²) in [5.41, 5.74) is -0.140. The van der Waals surface area contributed by atoms with Crippen molar-refractivity contribution in [3.63, 3.8) is 0 Å². The molecule has 0 aromatic rings. The van der Waals surface area contributed by atoms with E-state index in [0.717, 1.165) is 12.8 Å². The van der Waals surface area contributed by atoms with Gasteiger partial charge in [-0.25, -0.2) is 4.79 Å². The van der Waals surface area contributed by atoms with Gasteiger partial charge in [-0.1, -0.05) is 20.8 Å². The molecule has 0 aromatic carbocycles. The second-order valence-corrected chi connectivity index (χ2v) is 5.79. The van der Waals surface area contributed by atoms with E-state index in [1.54, 1.807) is 0 Å². The van der Waals surface area contributed by atoms with Crippen molar-refractivity contribution in [1.82, 2.24) is 0 Å². The van der Waals surface area contributed by atoms with E-state index in [-0.39, 0.29) is 11.0 Å². The molecule has 0 N–H and O–H groups in total. The maximum Gasteiger partial charge on any atom is 0.508 e. The van der Waals surface area contributed by atoms with Crippen LogP contribution < -0.4 is 0 Å². The quantitative estimate of drug-likeness (QED) is 0.579. The number of rotatable bonds is 0. The third-order valence-corrected chi connectivity index (χ3v) is 4.66. The van der Waals surface area contributed by atoms with E-state index >= 15 is 0 Å². The van der Waals surface area contributed by atoms with Crippen LogP contribution in [-0.2, 0) is 9.47 Å². The second kappa shape index (κ2) is 3.13. The van der Waals surface area contributed by atoms with Gasteiger partial charge in [0, 0.05) is 5.92 Å². The molecule has 0 amide bonds. The lowest BCUT2D eigenvalue weighted by Gasteiger charge is -2.54. The average Bonchev–Trinajstić information content (AvgIpc) is 2.11. The number of carbonyl (C=O) groups is 1. The lowest BCUT2D eigenvalue weighted by molar-refractivity contribution is -0.182. The van der Waals surface area contributed by atoms with Crippen LogP contribution in [0.5, 0.6) is 0 Å². The zero-order chi connectivity index (χ0) is 11.3. The van der Waals surface area contributed by atoms with Crippen molar-refractivity contribution in [3.8, 4) is 0 Å². The first kappa shape index (κ1) is 10.8. The Kier molecular flexibility index (Phi) is 2.25. The molecule has 1 aliphatic heterocycles. The highest BCUT2D eigenvalue weighted by Crippen LogP contribution is 2.52. The molecule has 3 heteroatoms. The van der Waals surface area contributed by atoms with Crippen LogP contribution in [-0.4, -0.2) is 18.4 Å². The molecular formula is C12H20O3. The first-order valence-electron chi connectivity index (χ1n) is 5.72. The second-order valence-electron chi connectivity index (χ2n) is 5.79. The molecule has 0 bridgehead atoms. The first-order valence-corrected chi connectivity index (χ1v) is 5.72. The molecule has 3 nitrogen and oxygen atoms in total. The minimum atomic E-state index is -0.501. The van der Waals surface area contributed by atoms with Crippen molar-refractivity contribution in [3.05, 3.63) is 0 Å². The Hall–Kier alpha value is -0.730. The van der Waals surface area contributed by atoms with Crippen LogP contribution in [0.1, 0.15) is 40.5 Å². The maximum atomic E-state index is 11.2. The van der Waals surface area contributed by atoms with Crippen molar-refractivity contribution in [2.75, 3.05) is 6.61 Å². The predicted octanol–water partition coefficient (Wildman–Crippen LogP) is 2.98. The molecule has 1 aliphatic carbocycles. The summed E-state index contributed by atoms with van der Waals surface area (Å²) in [5, 5.41) is 0. The zero-order valence-corrected chi connectivity index (χ0v) is 10.0. The Bertz CT molecular complexity index is 285. The standard InChI is InChI=1S/C12H20O3/c1-8-5-6-12(4)9(11(8,2)3)7-14-10(13)15-12/h8-9H,5-7H2,1-4H3. The topological polar surface area (TPSA) is 35.5 Å². The third kappa shape index (κ3) is 1.52. The predicted molar refractivity (Wildman–Crippen MR) is 56.5 cm³/mol. The number of hydrogen-bond donors (Lipinski definition) is 0. The molecule has 2 aliphatic rings. The number of hydrogen-bond acceptors (Lipinski definition) is 3. The zero-order valence-electron chi connectivity index (χ0n) is 10.0. The Labute approximate surface area is 91.1 Å². The molecule has 1 saturated carbocycles. The van der Waals surface area contributed by atoms with Crippen LogP contribution in [0.15, 0.2) is 0 Å². The number of ether oxygens (including phenoxy) is 2. The van der Waals surface area contributed by atoms with Crippen LogP contribution >= 0.6 is 0 Å². The lowest BCUT2D eigenvalue weighted by atomic mass is 9.57. The summed E-state index contributed by atoms with van der Waals surface area (Å²) in [4.78, 5) is 11.2. The third-order valence-electron chi connectivity index (χ3n) is 4.66. The summed E-state index contributed by atoms with van der Waals surface area (Å²) in [6, 6.07) is 0. The van der Waals surface area contributed by atoms with E-state index in [1.165, 1.54) is 0 Å². The molecule has 3 atom stereocenters. The monoisotopic (exact) mass is 212 g/mol. The Morgan fingerprint density at radius 2 is 2.00 bits per heavy atom. The van der Waals surface area contributed by atoms with E-state index < -0.39 is 6.16 Å². The molecule has 0 aromatic heterocycles. The van der Waals surface area contributed by atoms with Crippen molar-refractivity contribution in [2.24, 2.45) is 17.3 Å². The van der Waals surface area contributed by atoms with Crippen molar-refractivity contribution >= 4 is 6.16 Å². The van der Waals surface area contributed by atoms with E-state index in [2.05, 4.69) is 20.8 Å². The van der Waals surface area contributed by atoms with Gasteiger partial charge in [-0.3, -0.25) is 0 Å². The largest absolute Gasteiger partial charge is 0.508 e. The van der Waals surface area contributed by atoms with Gasteiger partial charge in [-0.2, -0.15) is 0 Å². The van der Waals surface area contributed by atoms with Gasteiger partial charge in [-0.15, -0.1) is 0 Å².